The molecule has 0 saturated heterocycles. The highest BCUT2D eigenvalue weighted by Crippen LogP contribution is 2.20. The van der Waals surface area contributed by atoms with Crippen molar-refractivity contribution in [2.45, 2.75) is 13.5 Å². The molecule has 0 spiro atoms. The molecule has 3 rings (SSSR count). The molecule has 0 aliphatic carbocycles. The number of anilines is 2. The summed E-state index contributed by atoms with van der Waals surface area (Å²) >= 11 is 0. The molecule has 3 aromatic rings. The minimum absolute atomic E-state index is 0.102. The predicted octanol–water partition coefficient (Wildman–Crippen LogP) is 4.34. The van der Waals surface area contributed by atoms with Gasteiger partial charge in [-0.1, -0.05) is 24.3 Å². The summed E-state index contributed by atoms with van der Waals surface area (Å²) in [5, 5.41) is 5.63. The van der Waals surface area contributed by atoms with E-state index in [0.29, 0.717) is 17.8 Å². The molecule has 26 heavy (non-hydrogen) atoms. The number of pyridine rings is 1. The van der Waals surface area contributed by atoms with Crippen molar-refractivity contribution >= 4 is 17.3 Å². The van der Waals surface area contributed by atoms with Gasteiger partial charge < -0.3 is 10.6 Å². The molecule has 0 fully saturated rings. The van der Waals surface area contributed by atoms with Gasteiger partial charge in [0.1, 0.15) is 11.6 Å². The molecule has 1 heterocycles. The first-order valence-electron chi connectivity index (χ1n) is 8.03. The Balaban J connectivity index is 1.70. The summed E-state index contributed by atoms with van der Waals surface area (Å²) in [6, 6.07) is 12.6. The van der Waals surface area contributed by atoms with Crippen LogP contribution < -0.4 is 10.6 Å². The summed E-state index contributed by atoms with van der Waals surface area (Å²) in [4.78, 5) is 16.3. The van der Waals surface area contributed by atoms with Gasteiger partial charge in [0.2, 0.25) is 0 Å². The summed E-state index contributed by atoms with van der Waals surface area (Å²) in [5.41, 5.74) is 2.99. The summed E-state index contributed by atoms with van der Waals surface area (Å²) in [6.45, 7) is 2.38. The Bertz CT molecular complexity index is 944. The number of aromatic nitrogens is 1. The molecule has 1 amide bonds. The second kappa shape index (κ2) is 7.74. The lowest BCUT2D eigenvalue weighted by atomic mass is 10.1. The zero-order chi connectivity index (χ0) is 18.5. The third-order valence-electron chi connectivity index (χ3n) is 3.91. The lowest BCUT2D eigenvalue weighted by Crippen LogP contribution is -2.23. The monoisotopic (exact) mass is 353 g/mol. The third-order valence-corrected chi connectivity index (χ3v) is 3.91. The lowest BCUT2D eigenvalue weighted by Gasteiger charge is -2.10. The Morgan fingerprint density at radius 2 is 1.88 bits per heavy atom. The van der Waals surface area contributed by atoms with Crippen molar-refractivity contribution in [1.29, 1.82) is 0 Å². The minimum Gasteiger partial charge on any atom is -0.352 e. The number of rotatable bonds is 5. The van der Waals surface area contributed by atoms with Gasteiger partial charge in [0.05, 0.1) is 23.1 Å². The topological polar surface area (TPSA) is 54.0 Å². The van der Waals surface area contributed by atoms with Gasteiger partial charge in [-0.25, -0.2) is 8.78 Å². The van der Waals surface area contributed by atoms with Crippen molar-refractivity contribution in [2.24, 2.45) is 0 Å². The highest BCUT2D eigenvalue weighted by atomic mass is 19.1. The van der Waals surface area contributed by atoms with Crippen LogP contribution in [-0.4, -0.2) is 10.9 Å². The summed E-state index contributed by atoms with van der Waals surface area (Å²) in [5.74, 6) is -1.67. The Hall–Kier alpha value is -3.28. The molecule has 0 unspecified atom stereocenters. The molecule has 0 bridgehead atoms. The first kappa shape index (κ1) is 17.5. The van der Waals surface area contributed by atoms with Crippen LogP contribution in [0.3, 0.4) is 0 Å². The van der Waals surface area contributed by atoms with E-state index in [1.165, 1.54) is 18.5 Å². The van der Waals surface area contributed by atoms with Crippen LogP contribution in [0.5, 0.6) is 0 Å². The second-order valence-electron chi connectivity index (χ2n) is 5.82. The van der Waals surface area contributed by atoms with Crippen molar-refractivity contribution in [1.82, 2.24) is 10.3 Å². The molecule has 2 aromatic carbocycles. The van der Waals surface area contributed by atoms with E-state index in [9.17, 15) is 13.6 Å². The van der Waals surface area contributed by atoms with Crippen LogP contribution in [-0.2, 0) is 6.54 Å². The summed E-state index contributed by atoms with van der Waals surface area (Å²) in [7, 11) is 0. The van der Waals surface area contributed by atoms with Gasteiger partial charge in [0.15, 0.2) is 0 Å². The molecule has 0 atom stereocenters. The fourth-order valence-electron chi connectivity index (χ4n) is 2.46. The number of halogens is 2. The van der Waals surface area contributed by atoms with Gasteiger partial charge in [-0.2, -0.15) is 0 Å². The largest absolute Gasteiger partial charge is 0.352 e. The number of nitrogens with zero attached hydrogens (tertiary/aromatic N) is 1. The number of nitrogens with one attached hydrogen (secondary N) is 2. The van der Waals surface area contributed by atoms with E-state index < -0.39 is 11.6 Å². The second-order valence-corrected chi connectivity index (χ2v) is 5.82. The van der Waals surface area contributed by atoms with Crippen LogP contribution >= 0.6 is 0 Å². The molecular weight excluding hydrogens is 336 g/mol. The van der Waals surface area contributed by atoms with Gasteiger partial charge in [-0.3, -0.25) is 9.78 Å². The Labute approximate surface area is 149 Å². The van der Waals surface area contributed by atoms with E-state index >= 15 is 0 Å². The van der Waals surface area contributed by atoms with Gasteiger partial charge in [-0.05, 0) is 36.2 Å². The highest BCUT2D eigenvalue weighted by molar-refractivity contribution is 5.94. The van der Waals surface area contributed by atoms with E-state index in [1.54, 1.807) is 6.07 Å². The molecule has 0 radical (unpaired) electrons. The fourth-order valence-corrected chi connectivity index (χ4v) is 2.46. The van der Waals surface area contributed by atoms with Gasteiger partial charge >= 0.3 is 0 Å². The molecular formula is C20H17F2N3O. The van der Waals surface area contributed by atoms with Crippen molar-refractivity contribution in [2.75, 3.05) is 5.32 Å². The first-order valence-corrected chi connectivity index (χ1v) is 8.03. The Kier molecular flexibility index (Phi) is 5.22. The van der Waals surface area contributed by atoms with E-state index in [2.05, 4.69) is 15.6 Å². The molecule has 6 heteroatoms. The average molecular weight is 353 g/mol. The number of benzene rings is 2. The van der Waals surface area contributed by atoms with Crippen molar-refractivity contribution in [3.05, 3.63) is 89.2 Å². The van der Waals surface area contributed by atoms with Crippen LogP contribution in [0.1, 0.15) is 21.5 Å². The van der Waals surface area contributed by atoms with Gasteiger partial charge in [-0.15, -0.1) is 0 Å². The zero-order valence-corrected chi connectivity index (χ0v) is 14.1. The maximum absolute atomic E-state index is 13.7. The standard InChI is InChI=1S/C20H17F2N3O/c1-13-4-2-3-5-14(13)11-24-20(26)15-8-17(12-23-10-15)25-19-7-6-16(21)9-18(19)22/h2-10,12,25H,11H2,1H3,(H,24,26). The Morgan fingerprint density at radius 1 is 1.08 bits per heavy atom. The number of aryl methyl sites for hydroxylation is 1. The van der Waals surface area contributed by atoms with Crippen LogP contribution in [0.25, 0.3) is 0 Å². The number of amides is 1. The number of hydrogen-bond donors (Lipinski definition) is 2. The van der Waals surface area contributed by atoms with E-state index in [-0.39, 0.29) is 11.6 Å². The average Bonchev–Trinajstić information content (AvgIpc) is 2.63. The van der Waals surface area contributed by atoms with Crippen molar-refractivity contribution in [3.63, 3.8) is 0 Å². The number of carbonyl (C=O) groups excluding carboxylic acids is 1. The SMILES string of the molecule is Cc1ccccc1CNC(=O)c1cncc(Nc2ccc(F)cc2F)c1. The Morgan fingerprint density at radius 3 is 2.65 bits per heavy atom. The predicted molar refractivity (Wildman–Crippen MR) is 96.2 cm³/mol. The number of carbonyl (C=O) groups is 1. The molecule has 2 N–H and O–H groups in total. The maximum atomic E-state index is 13.7. The van der Waals surface area contributed by atoms with Gasteiger partial charge in [0, 0.05) is 18.8 Å². The fraction of sp³-hybridized carbons (Fsp3) is 0.100. The molecule has 0 aliphatic rings. The normalized spacial score (nSPS) is 10.4. The smallest absolute Gasteiger partial charge is 0.253 e. The van der Waals surface area contributed by atoms with E-state index in [4.69, 9.17) is 0 Å². The lowest BCUT2D eigenvalue weighted by molar-refractivity contribution is 0.0950. The van der Waals surface area contributed by atoms with Crippen LogP contribution in [0, 0.1) is 18.6 Å². The van der Waals surface area contributed by atoms with Crippen molar-refractivity contribution in [3.8, 4) is 0 Å². The highest BCUT2D eigenvalue weighted by Gasteiger charge is 2.09. The zero-order valence-electron chi connectivity index (χ0n) is 14.1. The first-order chi connectivity index (χ1) is 12.5. The molecule has 0 aliphatic heterocycles. The van der Waals surface area contributed by atoms with Crippen LogP contribution in [0.4, 0.5) is 20.2 Å². The third kappa shape index (κ3) is 4.22. The summed E-state index contributed by atoms with van der Waals surface area (Å²) in [6.07, 6.45) is 2.89. The molecule has 0 saturated carbocycles. The molecule has 4 nitrogen and oxygen atoms in total. The van der Waals surface area contributed by atoms with Crippen molar-refractivity contribution < 1.29 is 13.6 Å². The maximum Gasteiger partial charge on any atom is 0.253 e. The molecule has 1 aromatic heterocycles. The summed E-state index contributed by atoms with van der Waals surface area (Å²) < 4.78 is 26.7. The van der Waals surface area contributed by atoms with E-state index in [1.807, 2.05) is 31.2 Å². The minimum atomic E-state index is -0.723. The van der Waals surface area contributed by atoms with E-state index in [0.717, 1.165) is 23.3 Å². The van der Waals surface area contributed by atoms with Gasteiger partial charge in [0.25, 0.3) is 5.91 Å². The van der Waals surface area contributed by atoms with Crippen LogP contribution in [0.2, 0.25) is 0 Å². The quantitative estimate of drug-likeness (QED) is 0.717. The van der Waals surface area contributed by atoms with Crippen LogP contribution in [0.15, 0.2) is 60.9 Å². The number of hydrogen-bond acceptors (Lipinski definition) is 3. The molecule has 132 valence electrons.